The van der Waals surface area contributed by atoms with Crippen LogP contribution in [0, 0.1) is 12.3 Å². The molecule has 5 nitrogen and oxygen atoms in total. The smallest absolute Gasteiger partial charge is 0.324 e. The van der Waals surface area contributed by atoms with Crippen molar-refractivity contribution in [1.82, 2.24) is 4.90 Å². The summed E-state index contributed by atoms with van der Waals surface area (Å²) < 4.78 is 5.26. The van der Waals surface area contributed by atoms with E-state index in [2.05, 4.69) is 16.4 Å². The largest absolute Gasteiger partial charge is 0.458 e. The minimum absolute atomic E-state index is 0.154. The first kappa shape index (κ1) is 12.4. The average Bonchev–Trinajstić information content (AvgIpc) is 2.41. The highest BCUT2D eigenvalue weighted by Crippen LogP contribution is 2.31. The van der Waals surface area contributed by atoms with Crippen molar-refractivity contribution in [1.29, 1.82) is 0 Å². The Bertz CT molecular complexity index is 309. The van der Waals surface area contributed by atoms with Crippen LogP contribution in [0.1, 0.15) is 26.2 Å². The molecule has 1 atom stereocenters. The Kier molecular flexibility index (Phi) is 3.99. The van der Waals surface area contributed by atoms with E-state index in [9.17, 15) is 4.79 Å². The van der Waals surface area contributed by atoms with Gasteiger partial charge in [-0.1, -0.05) is 6.92 Å². The van der Waals surface area contributed by atoms with Crippen molar-refractivity contribution in [2.45, 2.75) is 32.2 Å². The van der Waals surface area contributed by atoms with E-state index in [1.807, 2.05) is 6.92 Å². The fourth-order valence-electron chi connectivity index (χ4n) is 2.47. The molecule has 0 aromatic carbocycles. The molecule has 5 heteroatoms. The number of esters is 1. The summed E-state index contributed by atoms with van der Waals surface area (Å²) in [5.41, 5.74) is 0.717. The van der Waals surface area contributed by atoms with Crippen LogP contribution < -0.4 is 5.84 Å². The monoisotopic (exact) mass is 238 g/mol. The third-order valence-electron chi connectivity index (χ3n) is 3.64. The number of nitrogens with zero attached hydrogens (tertiary/aromatic N) is 2. The van der Waals surface area contributed by atoms with Gasteiger partial charge in [-0.2, -0.15) is 5.10 Å². The molecule has 2 N–H and O–H groups in total. The van der Waals surface area contributed by atoms with Crippen LogP contribution in [-0.4, -0.2) is 42.3 Å². The first-order valence-electron chi connectivity index (χ1n) is 6.26. The number of hydrogen-bond donors (Lipinski definition) is 1. The molecule has 0 aromatic rings. The molecule has 3 aliphatic rings. The van der Waals surface area contributed by atoms with E-state index in [1.165, 1.54) is 12.8 Å². The Hall–Kier alpha value is -1.10. The number of piperidine rings is 3. The molecule has 0 aromatic heterocycles. The fraction of sp³-hybridized carbons (Fsp3) is 0.750. The van der Waals surface area contributed by atoms with Gasteiger partial charge in [-0.15, -0.1) is 0 Å². The lowest BCUT2D eigenvalue weighted by atomic mass is 9.83. The Labute approximate surface area is 102 Å². The minimum atomic E-state index is -0.163. The molecule has 2 bridgehead atoms. The number of ether oxygens (including phenoxy) is 1. The molecule has 0 saturated carbocycles. The van der Waals surface area contributed by atoms with Crippen molar-refractivity contribution >= 4 is 11.7 Å². The van der Waals surface area contributed by atoms with Crippen LogP contribution in [0.15, 0.2) is 5.10 Å². The number of hydrazone groups is 1. The molecule has 0 amide bonds. The highest BCUT2D eigenvalue weighted by Gasteiger charge is 2.38. The first-order chi connectivity index (χ1) is 8.24. The molecule has 3 fully saturated rings. The van der Waals surface area contributed by atoms with Gasteiger partial charge in [0, 0.05) is 0 Å². The Morgan fingerprint density at radius 2 is 2.24 bits per heavy atom. The summed E-state index contributed by atoms with van der Waals surface area (Å²) in [4.78, 5) is 14.1. The van der Waals surface area contributed by atoms with Gasteiger partial charge in [-0.05, 0) is 44.7 Å². The van der Waals surface area contributed by atoms with Crippen molar-refractivity contribution < 1.29 is 9.53 Å². The van der Waals surface area contributed by atoms with Gasteiger partial charge in [0.1, 0.15) is 12.6 Å². The zero-order valence-electron chi connectivity index (χ0n) is 10.3. The van der Waals surface area contributed by atoms with Crippen LogP contribution in [-0.2, 0) is 9.53 Å². The maximum absolute atomic E-state index is 11.9. The summed E-state index contributed by atoms with van der Waals surface area (Å²) >= 11 is 0. The first-order valence-corrected chi connectivity index (χ1v) is 6.26. The van der Waals surface area contributed by atoms with Crippen LogP contribution in [0.5, 0.6) is 0 Å². The maximum Gasteiger partial charge on any atom is 0.324 e. The van der Waals surface area contributed by atoms with Crippen molar-refractivity contribution in [2.75, 3.05) is 19.7 Å². The molecule has 17 heavy (non-hydrogen) atoms. The second-order valence-corrected chi connectivity index (χ2v) is 4.67. The van der Waals surface area contributed by atoms with Gasteiger partial charge in [-0.3, -0.25) is 9.69 Å². The van der Waals surface area contributed by atoms with Gasteiger partial charge in [-0.25, -0.2) is 0 Å². The average molecular weight is 238 g/mol. The molecule has 3 heterocycles. The van der Waals surface area contributed by atoms with Crippen molar-refractivity contribution in [3.63, 3.8) is 0 Å². The lowest BCUT2D eigenvalue weighted by Gasteiger charge is -2.43. The number of fused-ring (bicyclic) bond motifs is 3. The Morgan fingerprint density at radius 3 is 2.71 bits per heavy atom. The second kappa shape index (κ2) is 5.49. The molecular formula is C12H20N3O2. The Morgan fingerprint density at radius 1 is 1.53 bits per heavy atom. The quantitative estimate of drug-likeness (QED) is 0.336. The lowest BCUT2D eigenvalue weighted by molar-refractivity contribution is -0.149. The molecule has 3 aliphatic heterocycles. The normalized spacial score (nSPS) is 32.5. The molecule has 1 radical (unpaired) electrons. The van der Waals surface area contributed by atoms with E-state index >= 15 is 0 Å². The zero-order valence-corrected chi connectivity index (χ0v) is 10.3. The summed E-state index contributed by atoms with van der Waals surface area (Å²) in [6.45, 7) is 4.17. The third kappa shape index (κ3) is 2.77. The third-order valence-corrected chi connectivity index (χ3v) is 3.64. The van der Waals surface area contributed by atoms with Crippen molar-refractivity contribution in [3.8, 4) is 0 Å². The molecule has 3 rings (SSSR count). The van der Waals surface area contributed by atoms with Crippen molar-refractivity contribution in [2.24, 2.45) is 16.9 Å². The van der Waals surface area contributed by atoms with Gasteiger partial charge in [0.2, 0.25) is 0 Å². The number of carbonyl (C=O) groups is 1. The number of carbonyl (C=O) groups excluding carboxylic acids is 1. The van der Waals surface area contributed by atoms with Crippen LogP contribution in [0.2, 0.25) is 0 Å². The van der Waals surface area contributed by atoms with E-state index < -0.39 is 0 Å². The standard InChI is InChI=1S/C12H20N3O2/c1-2-10(14-13)8-17-12(16)11-7-9-3-5-15(11)6-4-9/h7,9,11H,2-6,8,13H2,1H3. The van der Waals surface area contributed by atoms with Crippen LogP contribution in [0.25, 0.3) is 0 Å². The number of nitrogens with two attached hydrogens (primary N) is 1. The predicted octanol–water partition coefficient (Wildman–Crippen LogP) is 0.553. The fourth-order valence-corrected chi connectivity index (χ4v) is 2.47. The molecule has 1 unspecified atom stereocenters. The Balaban J connectivity index is 1.84. The number of rotatable bonds is 4. The zero-order chi connectivity index (χ0) is 12.3. The molecule has 95 valence electrons. The topological polar surface area (TPSA) is 67.9 Å². The van der Waals surface area contributed by atoms with Gasteiger partial charge in [0.25, 0.3) is 0 Å². The van der Waals surface area contributed by atoms with Crippen LogP contribution in [0.4, 0.5) is 0 Å². The minimum Gasteiger partial charge on any atom is -0.458 e. The summed E-state index contributed by atoms with van der Waals surface area (Å²) in [7, 11) is 0. The SMILES string of the molecule is CCC(COC(=O)C1[CH]C2CCN1CC2)=NN. The summed E-state index contributed by atoms with van der Waals surface area (Å²) in [5.74, 6) is 5.61. The van der Waals surface area contributed by atoms with E-state index in [1.54, 1.807) is 0 Å². The van der Waals surface area contributed by atoms with Crippen molar-refractivity contribution in [3.05, 3.63) is 6.42 Å². The van der Waals surface area contributed by atoms with E-state index in [-0.39, 0.29) is 18.6 Å². The highest BCUT2D eigenvalue weighted by atomic mass is 16.5. The predicted molar refractivity (Wildman–Crippen MR) is 65.3 cm³/mol. The number of hydrogen-bond acceptors (Lipinski definition) is 5. The lowest BCUT2D eigenvalue weighted by Crippen LogP contribution is -2.53. The molecule has 3 saturated heterocycles. The summed E-state index contributed by atoms with van der Waals surface area (Å²) in [6, 6.07) is -0.154. The van der Waals surface area contributed by atoms with E-state index in [0.29, 0.717) is 18.1 Å². The summed E-state index contributed by atoms with van der Waals surface area (Å²) in [6.07, 6.45) is 5.19. The van der Waals surface area contributed by atoms with Gasteiger partial charge < -0.3 is 10.6 Å². The maximum atomic E-state index is 11.9. The molecule has 0 aliphatic carbocycles. The highest BCUT2D eigenvalue weighted by molar-refractivity contribution is 5.88. The second-order valence-electron chi connectivity index (χ2n) is 4.67. The van der Waals surface area contributed by atoms with Crippen LogP contribution >= 0.6 is 0 Å². The molecule has 0 spiro atoms. The van der Waals surface area contributed by atoms with Crippen LogP contribution in [0.3, 0.4) is 0 Å². The van der Waals surface area contributed by atoms with Gasteiger partial charge >= 0.3 is 5.97 Å². The van der Waals surface area contributed by atoms with Gasteiger partial charge in [0.05, 0.1) is 5.71 Å². The van der Waals surface area contributed by atoms with Gasteiger partial charge in [0.15, 0.2) is 0 Å². The van der Waals surface area contributed by atoms with E-state index in [4.69, 9.17) is 10.6 Å². The van der Waals surface area contributed by atoms with E-state index in [0.717, 1.165) is 13.1 Å². The molecular weight excluding hydrogens is 218 g/mol. The summed E-state index contributed by atoms with van der Waals surface area (Å²) in [5, 5.41) is 3.59.